The van der Waals surface area contributed by atoms with Gasteiger partial charge >= 0.3 is 0 Å². The Morgan fingerprint density at radius 3 is 2.96 bits per heavy atom. The molecule has 2 N–H and O–H groups in total. The van der Waals surface area contributed by atoms with Crippen molar-refractivity contribution in [2.45, 2.75) is 45.6 Å². The van der Waals surface area contributed by atoms with E-state index in [-0.39, 0.29) is 5.56 Å². The lowest BCUT2D eigenvalue weighted by Gasteiger charge is -2.19. The van der Waals surface area contributed by atoms with Crippen LogP contribution in [0.4, 0.5) is 0 Å². The normalized spacial score (nSPS) is 17.5. The van der Waals surface area contributed by atoms with Gasteiger partial charge in [-0.1, -0.05) is 30.7 Å². The molecule has 1 aliphatic carbocycles. The first-order chi connectivity index (χ1) is 13.3. The molecule has 146 valence electrons. The average molecular weight is 416 g/mol. The Morgan fingerprint density at radius 2 is 2.25 bits per heavy atom. The van der Waals surface area contributed by atoms with Crippen LogP contribution in [0.25, 0.3) is 10.2 Å². The number of carbonyl (C=O) groups excluding carboxylic acids is 1. The fourth-order valence-corrected chi connectivity index (χ4v) is 5.53. The summed E-state index contributed by atoms with van der Waals surface area (Å²) in [4.78, 5) is 32.2. The molecule has 0 bridgehead atoms. The van der Waals surface area contributed by atoms with Crippen LogP contribution in [0.15, 0.2) is 29.1 Å². The fraction of sp³-hybridized carbons (Fsp3) is 0.381. The quantitative estimate of drug-likeness (QED) is 0.702. The lowest BCUT2D eigenvalue weighted by atomic mass is 9.89. The molecular formula is C21H22ClN3O2S. The summed E-state index contributed by atoms with van der Waals surface area (Å²) in [6, 6.07) is 6.68. The molecule has 28 heavy (non-hydrogen) atoms. The third-order valence-electron chi connectivity index (χ3n) is 5.48. The van der Waals surface area contributed by atoms with Crippen molar-refractivity contribution in [3.05, 3.63) is 61.5 Å². The van der Waals surface area contributed by atoms with Crippen LogP contribution >= 0.6 is 22.9 Å². The van der Waals surface area contributed by atoms with Crippen molar-refractivity contribution < 1.29 is 4.79 Å². The minimum absolute atomic E-state index is 0.166. The van der Waals surface area contributed by atoms with Gasteiger partial charge < -0.3 is 5.73 Å². The van der Waals surface area contributed by atoms with Gasteiger partial charge in [0.2, 0.25) is 5.91 Å². The van der Waals surface area contributed by atoms with E-state index < -0.39 is 11.9 Å². The Morgan fingerprint density at radius 1 is 1.46 bits per heavy atom. The SMILES string of the molecule is CC1CCc2c(sc3nc(Cc4cccc(Cl)c4)n(C(C)C(N)=O)c(=O)c23)C1. The number of halogens is 1. The molecule has 2 aromatic heterocycles. The minimum Gasteiger partial charge on any atom is -0.368 e. The Labute approximate surface area is 172 Å². The number of rotatable bonds is 4. The highest BCUT2D eigenvalue weighted by Crippen LogP contribution is 2.36. The summed E-state index contributed by atoms with van der Waals surface area (Å²) in [6.07, 6.45) is 3.33. The zero-order valence-corrected chi connectivity index (χ0v) is 17.4. The summed E-state index contributed by atoms with van der Waals surface area (Å²) in [5.74, 6) is 0.601. The maximum absolute atomic E-state index is 13.5. The molecule has 0 saturated carbocycles. The van der Waals surface area contributed by atoms with Gasteiger partial charge in [0.25, 0.3) is 5.56 Å². The van der Waals surface area contributed by atoms with E-state index in [4.69, 9.17) is 22.3 Å². The maximum Gasteiger partial charge on any atom is 0.263 e. The lowest BCUT2D eigenvalue weighted by Crippen LogP contribution is -2.35. The second-order valence-electron chi connectivity index (χ2n) is 7.62. The molecule has 0 spiro atoms. The van der Waals surface area contributed by atoms with E-state index in [1.165, 1.54) is 9.44 Å². The van der Waals surface area contributed by atoms with Gasteiger partial charge in [-0.2, -0.15) is 0 Å². The van der Waals surface area contributed by atoms with Crippen molar-refractivity contribution in [2.75, 3.05) is 0 Å². The third kappa shape index (κ3) is 3.35. The lowest BCUT2D eigenvalue weighted by molar-refractivity contribution is -0.120. The molecule has 0 saturated heterocycles. The van der Waals surface area contributed by atoms with Crippen LogP contribution in [0.2, 0.25) is 5.02 Å². The van der Waals surface area contributed by atoms with Crippen LogP contribution in [0, 0.1) is 5.92 Å². The van der Waals surface area contributed by atoms with Gasteiger partial charge in [0.1, 0.15) is 16.7 Å². The fourth-order valence-electron chi connectivity index (χ4n) is 3.93. The number of primary amides is 1. The van der Waals surface area contributed by atoms with Gasteiger partial charge in [-0.3, -0.25) is 14.2 Å². The van der Waals surface area contributed by atoms with E-state index in [0.29, 0.717) is 28.6 Å². The van der Waals surface area contributed by atoms with E-state index in [9.17, 15) is 9.59 Å². The number of carbonyl (C=O) groups is 1. The highest BCUT2D eigenvalue weighted by molar-refractivity contribution is 7.18. The molecule has 1 aliphatic rings. The summed E-state index contributed by atoms with van der Waals surface area (Å²) in [7, 11) is 0. The zero-order chi connectivity index (χ0) is 20.0. The van der Waals surface area contributed by atoms with Crippen molar-refractivity contribution in [2.24, 2.45) is 11.7 Å². The van der Waals surface area contributed by atoms with Crippen LogP contribution in [-0.4, -0.2) is 15.5 Å². The van der Waals surface area contributed by atoms with Gasteiger partial charge in [-0.25, -0.2) is 4.98 Å². The standard InChI is InChI=1S/C21H22ClN3O2S/c1-11-6-7-15-16(8-11)28-20-18(15)21(27)25(12(2)19(23)26)17(24-20)10-13-4-3-5-14(22)9-13/h3-5,9,11-12H,6-8,10H2,1-2H3,(H2,23,26). The van der Waals surface area contributed by atoms with E-state index in [2.05, 4.69) is 6.92 Å². The van der Waals surface area contributed by atoms with Gasteiger partial charge in [-0.05, 0) is 55.4 Å². The Bertz CT molecular complexity index is 1130. The molecule has 4 rings (SSSR count). The molecule has 2 unspecified atom stereocenters. The number of amides is 1. The van der Waals surface area contributed by atoms with Crippen LogP contribution in [0.1, 0.15) is 48.1 Å². The van der Waals surface area contributed by atoms with Gasteiger partial charge in [0, 0.05) is 16.3 Å². The Kier molecular flexibility index (Phi) is 5.02. The number of fused-ring (bicyclic) bond motifs is 3. The number of hydrogen-bond acceptors (Lipinski definition) is 4. The van der Waals surface area contributed by atoms with Crippen LogP contribution in [0.5, 0.6) is 0 Å². The molecule has 1 amide bonds. The zero-order valence-electron chi connectivity index (χ0n) is 15.9. The van der Waals surface area contributed by atoms with E-state index >= 15 is 0 Å². The molecule has 0 aliphatic heterocycles. The number of nitrogens with zero attached hydrogens (tertiary/aromatic N) is 2. The summed E-state index contributed by atoms with van der Waals surface area (Å²) in [6.45, 7) is 3.89. The first kappa shape index (κ1) is 19.2. The molecular weight excluding hydrogens is 394 g/mol. The summed E-state index contributed by atoms with van der Waals surface area (Å²) in [5.41, 5.74) is 7.42. The van der Waals surface area contributed by atoms with Crippen molar-refractivity contribution >= 4 is 39.1 Å². The highest BCUT2D eigenvalue weighted by atomic mass is 35.5. The number of nitrogens with two attached hydrogens (primary N) is 1. The monoisotopic (exact) mass is 415 g/mol. The molecule has 3 aromatic rings. The van der Waals surface area contributed by atoms with E-state index in [0.717, 1.165) is 35.2 Å². The first-order valence-corrected chi connectivity index (χ1v) is 10.6. The maximum atomic E-state index is 13.5. The van der Waals surface area contributed by atoms with Crippen LogP contribution in [0.3, 0.4) is 0 Å². The summed E-state index contributed by atoms with van der Waals surface area (Å²) >= 11 is 7.72. The van der Waals surface area contributed by atoms with Crippen molar-refractivity contribution in [3.63, 3.8) is 0 Å². The minimum atomic E-state index is -0.767. The van der Waals surface area contributed by atoms with Gasteiger partial charge in [0.05, 0.1) is 5.39 Å². The molecule has 0 radical (unpaired) electrons. The van der Waals surface area contributed by atoms with Crippen molar-refractivity contribution in [3.8, 4) is 0 Å². The number of hydrogen-bond donors (Lipinski definition) is 1. The molecule has 5 nitrogen and oxygen atoms in total. The van der Waals surface area contributed by atoms with Crippen LogP contribution in [-0.2, 0) is 24.1 Å². The summed E-state index contributed by atoms with van der Waals surface area (Å²) < 4.78 is 1.47. The molecule has 2 atom stereocenters. The molecule has 7 heteroatoms. The van der Waals surface area contributed by atoms with E-state index in [1.807, 2.05) is 18.2 Å². The largest absolute Gasteiger partial charge is 0.368 e. The number of aromatic nitrogens is 2. The number of aryl methyl sites for hydroxylation is 1. The van der Waals surface area contributed by atoms with Crippen molar-refractivity contribution in [1.29, 1.82) is 0 Å². The predicted molar refractivity (Wildman–Crippen MR) is 113 cm³/mol. The van der Waals surface area contributed by atoms with Crippen molar-refractivity contribution in [1.82, 2.24) is 9.55 Å². The smallest absolute Gasteiger partial charge is 0.263 e. The van der Waals surface area contributed by atoms with Gasteiger partial charge in [-0.15, -0.1) is 11.3 Å². The average Bonchev–Trinajstić information content (AvgIpc) is 2.98. The Balaban J connectivity index is 1.93. The van der Waals surface area contributed by atoms with E-state index in [1.54, 1.807) is 24.3 Å². The predicted octanol–water partition coefficient (Wildman–Crippen LogP) is 3.87. The summed E-state index contributed by atoms with van der Waals surface area (Å²) in [5, 5.41) is 1.28. The third-order valence-corrected chi connectivity index (χ3v) is 6.87. The highest BCUT2D eigenvalue weighted by Gasteiger charge is 2.27. The van der Waals surface area contributed by atoms with Crippen LogP contribution < -0.4 is 11.3 Å². The second kappa shape index (κ2) is 7.33. The number of thiophene rings is 1. The topological polar surface area (TPSA) is 78.0 Å². The molecule has 1 aromatic carbocycles. The van der Waals surface area contributed by atoms with Gasteiger partial charge in [0.15, 0.2) is 0 Å². The molecule has 2 heterocycles. The molecule has 0 fully saturated rings. The Hall–Kier alpha value is -2.18. The number of benzene rings is 1. The second-order valence-corrected chi connectivity index (χ2v) is 9.14. The first-order valence-electron chi connectivity index (χ1n) is 9.44.